The number of carbonyl (C=O) groups is 1. The van der Waals surface area contributed by atoms with Gasteiger partial charge in [-0.05, 0) is 40.2 Å². The van der Waals surface area contributed by atoms with Crippen LogP contribution in [0.3, 0.4) is 0 Å². The van der Waals surface area contributed by atoms with Crippen molar-refractivity contribution in [2.24, 2.45) is 0 Å². The van der Waals surface area contributed by atoms with Gasteiger partial charge in [0, 0.05) is 16.8 Å². The molecule has 0 aliphatic heterocycles. The van der Waals surface area contributed by atoms with Crippen molar-refractivity contribution in [1.82, 2.24) is 9.78 Å². The molecule has 1 heterocycles. The zero-order valence-corrected chi connectivity index (χ0v) is 16.9. The minimum Gasteiger partial charge on any atom is -0.482 e. The van der Waals surface area contributed by atoms with Crippen molar-refractivity contribution in [2.45, 2.75) is 6.54 Å². The number of carbonyl (C=O) groups excluding carboxylic acids is 1. The minimum absolute atomic E-state index is 0.234. The van der Waals surface area contributed by atoms with Crippen LogP contribution in [-0.4, -0.2) is 22.3 Å². The Hall–Kier alpha value is -2.09. The lowest BCUT2D eigenvalue weighted by Gasteiger charge is -2.08. The molecule has 0 bridgehead atoms. The van der Waals surface area contributed by atoms with Crippen LogP contribution in [0.25, 0.3) is 0 Å². The molecule has 0 fully saturated rings. The number of amides is 1. The van der Waals surface area contributed by atoms with Crippen molar-refractivity contribution in [1.29, 1.82) is 0 Å². The third kappa shape index (κ3) is 5.22. The summed E-state index contributed by atoms with van der Waals surface area (Å²) in [6, 6.07) is 11.1. The van der Waals surface area contributed by atoms with E-state index in [4.69, 9.17) is 27.9 Å². The number of benzene rings is 2. The Balaban J connectivity index is 1.61. The second kappa shape index (κ2) is 8.73. The van der Waals surface area contributed by atoms with Crippen LogP contribution in [0.5, 0.6) is 5.75 Å². The number of rotatable bonds is 6. The van der Waals surface area contributed by atoms with E-state index in [1.54, 1.807) is 36.5 Å². The van der Waals surface area contributed by atoms with Gasteiger partial charge < -0.3 is 10.1 Å². The fraction of sp³-hybridized carbons (Fsp3) is 0.111. The first-order valence-electron chi connectivity index (χ1n) is 7.76. The minimum atomic E-state index is -0.419. The van der Waals surface area contributed by atoms with Crippen molar-refractivity contribution in [3.05, 3.63) is 74.6 Å². The summed E-state index contributed by atoms with van der Waals surface area (Å²) in [4.78, 5) is 12.1. The fourth-order valence-corrected chi connectivity index (χ4v) is 3.15. The van der Waals surface area contributed by atoms with Gasteiger partial charge >= 0.3 is 0 Å². The van der Waals surface area contributed by atoms with E-state index in [1.807, 2.05) is 0 Å². The predicted molar refractivity (Wildman–Crippen MR) is 106 cm³/mol. The molecule has 2 aromatic carbocycles. The lowest BCUT2D eigenvalue weighted by Crippen LogP contribution is -2.21. The van der Waals surface area contributed by atoms with Crippen molar-refractivity contribution < 1.29 is 13.9 Å². The molecule has 3 aromatic rings. The molecule has 0 unspecified atom stereocenters. The molecular weight excluding hydrogens is 460 g/mol. The SMILES string of the molecule is O=C(COc1ccc(Cl)cc1Cl)Nc1nn(Cc2ccccc2F)cc1Br. The monoisotopic (exact) mass is 471 g/mol. The number of hydrogen-bond donors (Lipinski definition) is 1. The van der Waals surface area contributed by atoms with Crippen LogP contribution in [0.2, 0.25) is 10.0 Å². The second-order valence-electron chi connectivity index (χ2n) is 5.53. The van der Waals surface area contributed by atoms with Gasteiger partial charge in [-0.25, -0.2) is 4.39 Å². The van der Waals surface area contributed by atoms with Crippen molar-refractivity contribution in [2.75, 3.05) is 11.9 Å². The Labute approximate surface area is 173 Å². The molecule has 0 radical (unpaired) electrons. The molecule has 0 atom stereocenters. The smallest absolute Gasteiger partial charge is 0.263 e. The van der Waals surface area contributed by atoms with Crippen LogP contribution in [0.15, 0.2) is 53.1 Å². The highest BCUT2D eigenvalue weighted by Crippen LogP contribution is 2.27. The standard InChI is InChI=1S/C18H13BrCl2FN3O2/c19-13-9-25(8-11-3-1-2-4-15(11)22)24-18(13)23-17(26)10-27-16-6-5-12(20)7-14(16)21/h1-7,9H,8,10H2,(H,23,24,26). The first-order valence-corrected chi connectivity index (χ1v) is 9.31. The number of nitrogens with zero attached hydrogens (tertiary/aromatic N) is 2. The van der Waals surface area contributed by atoms with Crippen LogP contribution in [-0.2, 0) is 11.3 Å². The molecule has 0 aliphatic carbocycles. The van der Waals surface area contributed by atoms with E-state index in [1.165, 1.54) is 16.8 Å². The van der Waals surface area contributed by atoms with E-state index >= 15 is 0 Å². The Kier molecular flexibility index (Phi) is 6.36. The van der Waals surface area contributed by atoms with E-state index in [0.717, 1.165) is 0 Å². The van der Waals surface area contributed by atoms with Crippen LogP contribution in [0.4, 0.5) is 10.2 Å². The number of hydrogen-bond acceptors (Lipinski definition) is 3. The van der Waals surface area contributed by atoms with Crippen molar-refractivity contribution in [3.63, 3.8) is 0 Å². The second-order valence-corrected chi connectivity index (χ2v) is 7.22. The summed E-state index contributed by atoms with van der Waals surface area (Å²) in [5.74, 6) is -0.0803. The van der Waals surface area contributed by atoms with Gasteiger partial charge in [-0.2, -0.15) is 5.10 Å². The van der Waals surface area contributed by atoms with Crippen LogP contribution in [0.1, 0.15) is 5.56 Å². The van der Waals surface area contributed by atoms with E-state index in [2.05, 4.69) is 26.3 Å². The zero-order chi connectivity index (χ0) is 19.4. The largest absolute Gasteiger partial charge is 0.482 e. The Morgan fingerprint density at radius 3 is 2.78 bits per heavy atom. The maximum absolute atomic E-state index is 13.8. The lowest BCUT2D eigenvalue weighted by atomic mass is 10.2. The molecule has 27 heavy (non-hydrogen) atoms. The van der Waals surface area contributed by atoms with Crippen LogP contribution in [0, 0.1) is 5.82 Å². The van der Waals surface area contributed by atoms with Gasteiger partial charge in [0.25, 0.3) is 5.91 Å². The molecule has 140 valence electrons. The normalized spacial score (nSPS) is 10.7. The predicted octanol–water partition coefficient (Wildman–Crippen LogP) is 5.16. The Morgan fingerprint density at radius 1 is 1.26 bits per heavy atom. The molecule has 1 amide bonds. The van der Waals surface area contributed by atoms with Gasteiger partial charge in [0.1, 0.15) is 11.6 Å². The van der Waals surface area contributed by atoms with E-state index in [-0.39, 0.29) is 19.0 Å². The summed E-state index contributed by atoms with van der Waals surface area (Å²) in [6.45, 7) is -0.0218. The summed E-state index contributed by atoms with van der Waals surface area (Å²) in [6.07, 6.45) is 1.65. The summed E-state index contributed by atoms with van der Waals surface area (Å²) < 4.78 is 21.2. The zero-order valence-electron chi connectivity index (χ0n) is 13.8. The van der Waals surface area contributed by atoms with E-state index in [0.29, 0.717) is 31.6 Å². The summed E-state index contributed by atoms with van der Waals surface area (Å²) in [7, 11) is 0. The van der Waals surface area contributed by atoms with Gasteiger partial charge in [-0.1, -0.05) is 41.4 Å². The first kappa shape index (κ1) is 19.7. The van der Waals surface area contributed by atoms with Crippen LogP contribution >= 0.6 is 39.1 Å². The molecule has 0 saturated carbocycles. The third-order valence-electron chi connectivity index (χ3n) is 3.52. The quantitative estimate of drug-likeness (QED) is 0.539. The number of anilines is 1. The van der Waals surface area contributed by atoms with Gasteiger partial charge in [0.15, 0.2) is 12.4 Å². The molecule has 0 aliphatic rings. The fourth-order valence-electron chi connectivity index (χ4n) is 2.27. The summed E-state index contributed by atoms with van der Waals surface area (Å²) in [5.41, 5.74) is 0.492. The molecule has 0 saturated heterocycles. The molecule has 0 spiro atoms. The Morgan fingerprint density at radius 2 is 2.04 bits per heavy atom. The van der Waals surface area contributed by atoms with Crippen molar-refractivity contribution >= 4 is 50.9 Å². The average molecular weight is 473 g/mol. The molecule has 9 heteroatoms. The lowest BCUT2D eigenvalue weighted by molar-refractivity contribution is -0.118. The van der Waals surface area contributed by atoms with Crippen LogP contribution < -0.4 is 10.1 Å². The highest BCUT2D eigenvalue weighted by molar-refractivity contribution is 9.10. The van der Waals surface area contributed by atoms with Gasteiger partial charge in [-0.3, -0.25) is 9.48 Å². The Bertz CT molecular complexity index is 981. The highest BCUT2D eigenvalue weighted by atomic mass is 79.9. The summed E-state index contributed by atoms with van der Waals surface area (Å²) in [5, 5.41) is 7.65. The number of aromatic nitrogens is 2. The first-order chi connectivity index (χ1) is 12.9. The van der Waals surface area contributed by atoms with Crippen molar-refractivity contribution in [3.8, 4) is 5.75 Å². The molecule has 1 aromatic heterocycles. The molecule has 3 rings (SSSR count). The van der Waals surface area contributed by atoms with Gasteiger partial charge in [-0.15, -0.1) is 0 Å². The topological polar surface area (TPSA) is 56.1 Å². The van der Waals surface area contributed by atoms with E-state index < -0.39 is 5.91 Å². The maximum atomic E-state index is 13.8. The highest BCUT2D eigenvalue weighted by Gasteiger charge is 2.13. The number of halogens is 4. The number of ether oxygens (including phenoxy) is 1. The maximum Gasteiger partial charge on any atom is 0.263 e. The summed E-state index contributed by atoms with van der Waals surface area (Å²) >= 11 is 15.1. The number of nitrogens with one attached hydrogen (secondary N) is 1. The third-order valence-corrected chi connectivity index (χ3v) is 4.63. The molecule has 5 nitrogen and oxygen atoms in total. The van der Waals surface area contributed by atoms with Gasteiger partial charge in [0.05, 0.1) is 16.0 Å². The van der Waals surface area contributed by atoms with Gasteiger partial charge in [0.2, 0.25) is 0 Å². The molecule has 1 N–H and O–H groups in total. The van der Waals surface area contributed by atoms with E-state index in [9.17, 15) is 9.18 Å². The molecular formula is C18H13BrCl2FN3O2. The average Bonchev–Trinajstić information content (AvgIpc) is 2.95.